The molecule has 0 saturated heterocycles. The van der Waals surface area contributed by atoms with Gasteiger partial charge in [-0.3, -0.25) is 9.59 Å². The molecule has 2 heterocycles. The van der Waals surface area contributed by atoms with Crippen LogP contribution >= 0.6 is 0 Å². The largest absolute Gasteiger partial charge is 0.493 e. The molecule has 1 amide bonds. The summed E-state index contributed by atoms with van der Waals surface area (Å²) >= 11 is 0. The Morgan fingerprint density at radius 2 is 2.18 bits per heavy atom. The minimum atomic E-state index is -0.270. The average molecular weight is 380 g/mol. The molecule has 1 aliphatic heterocycles. The highest BCUT2D eigenvalue weighted by atomic mass is 16.5. The van der Waals surface area contributed by atoms with Gasteiger partial charge in [-0.05, 0) is 35.4 Å². The number of nitrogens with one attached hydrogen (secondary N) is 1. The van der Waals surface area contributed by atoms with E-state index in [9.17, 15) is 9.59 Å². The van der Waals surface area contributed by atoms with Crippen LogP contribution in [-0.2, 0) is 28.9 Å². The zero-order chi connectivity index (χ0) is 19.5. The van der Waals surface area contributed by atoms with Gasteiger partial charge >= 0.3 is 0 Å². The summed E-state index contributed by atoms with van der Waals surface area (Å²) in [4.78, 5) is 25.0. The van der Waals surface area contributed by atoms with Gasteiger partial charge in [-0.25, -0.2) is 4.68 Å². The summed E-state index contributed by atoms with van der Waals surface area (Å²) < 4.78 is 11.8. The summed E-state index contributed by atoms with van der Waals surface area (Å²) in [5.74, 6) is 0.685. The number of nitrogens with zero attached hydrogens (tertiary/aromatic N) is 3. The van der Waals surface area contributed by atoms with Crippen LogP contribution in [0.4, 0.5) is 5.69 Å². The normalized spacial score (nSPS) is 12.6. The van der Waals surface area contributed by atoms with E-state index < -0.39 is 0 Å². The number of rotatable bonds is 6. The number of anilines is 1. The van der Waals surface area contributed by atoms with Crippen LogP contribution < -0.4 is 15.6 Å². The molecule has 2 aromatic carbocycles. The van der Waals surface area contributed by atoms with Crippen molar-refractivity contribution in [2.45, 2.75) is 19.4 Å². The quantitative estimate of drug-likeness (QED) is 0.697. The van der Waals surface area contributed by atoms with Gasteiger partial charge in [-0.15, -0.1) is 5.10 Å². The number of hydrogen-bond donors (Lipinski definition) is 1. The molecule has 0 radical (unpaired) electrons. The fourth-order valence-electron chi connectivity index (χ4n) is 3.19. The fraction of sp³-hybridized carbons (Fsp3) is 0.300. The molecule has 3 aromatic rings. The van der Waals surface area contributed by atoms with Gasteiger partial charge in [0.1, 0.15) is 11.3 Å². The number of carbonyl (C=O) groups is 1. The molecule has 1 aliphatic rings. The molecule has 28 heavy (non-hydrogen) atoms. The van der Waals surface area contributed by atoms with E-state index in [4.69, 9.17) is 9.47 Å². The van der Waals surface area contributed by atoms with Crippen LogP contribution in [0.1, 0.15) is 11.1 Å². The molecule has 0 bridgehead atoms. The Labute approximate surface area is 161 Å². The first-order chi connectivity index (χ1) is 13.6. The monoisotopic (exact) mass is 380 g/mol. The van der Waals surface area contributed by atoms with Crippen molar-refractivity contribution in [1.82, 2.24) is 15.0 Å². The van der Waals surface area contributed by atoms with Gasteiger partial charge in [-0.1, -0.05) is 17.3 Å². The van der Waals surface area contributed by atoms with Crippen LogP contribution in [0.5, 0.6) is 5.75 Å². The minimum absolute atomic E-state index is 0.168. The van der Waals surface area contributed by atoms with Crippen LogP contribution in [-0.4, -0.2) is 41.2 Å². The first-order valence-electron chi connectivity index (χ1n) is 9.05. The third kappa shape index (κ3) is 3.72. The molecule has 144 valence electrons. The third-order valence-electron chi connectivity index (χ3n) is 4.64. The van der Waals surface area contributed by atoms with Crippen LogP contribution in [0.15, 0.2) is 41.2 Å². The number of amides is 1. The predicted molar refractivity (Wildman–Crippen MR) is 104 cm³/mol. The number of carbonyl (C=O) groups excluding carboxylic acids is 1. The maximum absolute atomic E-state index is 12.6. The molecule has 8 heteroatoms. The summed E-state index contributed by atoms with van der Waals surface area (Å²) in [7, 11) is 1.56. The molecule has 0 aliphatic carbocycles. The number of benzene rings is 2. The lowest BCUT2D eigenvalue weighted by Crippen LogP contribution is -2.26. The zero-order valence-electron chi connectivity index (χ0n) is 15.5. The summed E-state index contributed by atoms with van der Waals surface area (Å²) in [6.07, 6.45) is 1.13. The van der Waals surface area contributed by atoms with Crippen molar-refractivity contribution < 1.29 is 14.3 Å². The highest BCUT2D eigenvalue weighted by Gasteiger charge is 2.14. The van der Waals surface area contributed by atoms with Crippen molar-refractivity contribution in [1.29, 1.82) is 0 Å². The van der Waals surface area contributed by atoms with Gasteiger partial charge in [0.2, 0.25) is 5.91 Å². The second-order valence-corrected chi connectivity index (χ2v) is 6.61. The molecule has 0 unspecified atom stereocenters. The standard InChI is InChI=1S/C20H20N4O4/c1-27-9-7-24-20(26)16-12-15(4-5-17(16)22-23-24)21-19(25)11-13-2-3-14-6-8-28-18(14)10-13/h2-5,10,12H,6-9,11H2,1H3,(H,21,25). The molecule has 1 aromatic heterocycles. The van der Waals surface area contributed by atoms with Crippen molar-refractivity contribution in [3.05, 3.63) is 57.9 Å². The molecule has 0 atom stereocenters. The molecule has 4 rings (SSSR count). The van der Waals surface area contributed by atoms with Crippen molar-refractivity contribution in [2.75, 3.05) is 25.6 Å². The van der Waals surface area contributed by atoms with E-state index in [2.05, 4.69) is 15.6 Å². The molecular weight excluding hydrogens is 360 g/mol. The average Bonchev–Trinajstić information content (AvgIpc) is 3.15. The molecule has 0 fully saturated rings. The summed E-state index contributed by atoms with van der Waals surface area (Å²) in [6, 6.07) is 10.9. The number of methoxy groups -OCH3 is 1. The van der Waals surface area contributed by atoms with E-state index in [1.807, 2.05) is 18.2 Å². The van der Waals surface area contributed by atoms with Gasteiger partial charge in [0.05, 0.1) is 31.6 Å². The van der Waals surface area contributed by atoms with Gasteiger partial charge in [0.15, 0.2) is 0 Å². The predicted octanol–water partition coefficient (Wildman–Crippen LogP) is 1.55. The smallest absolute Gasteiger partial charge is 0.277 e. The van der Waals surface area contributed by atoms with Crippen LogP contribution in [0.25, 0.3) is 10.9 Å². The lowest BCUT2D eigenvalue weighted by Gasteiger charge is -2.08. The Morgan fingerprint density at radius 1 is 1.29 bits per heavy atom. The van der Waals surface area contributed by atoms with E-state index in [0.29, 0.717) is 36.3 Å². The van der Waals surface area contributed by atoms with Crippen LogP contribution in [0.2, 0.25) is 0 Å². The first-order valence-corrected chi connectivity index (χ1v) is 9.05. The minimum Gasteiger partial charge on any atom is -0.493 e. The topological polar surface area (TPSA) is 95.3 Å². The lowest BCUT2D eigenvalue weighted by molar-refractivity contribution is -0.115. The SMILES string of the molecule is COCCn1nnc2ccc(NC(=O)Cc3ccc4c(c3)OCC4)cc2c1=O. The second kappa shape index (κ2) is 7.77. The third-order valence-corrected chi connectivity index (χ3v) is 4.64. The van der Waals surface area contributed by atoms with Crippen molar-refractivity contribution >= 4 is 22.5 Å². The number of aromatic nitrogens is 3. The van der Waals surface area contributed by atoms with E-state index in [1.54, 1.807) is 25.3 Å². The Hall–Kier alpha value is -3.26. The fourth-order valence-corrected chi connectivity index (χ4v) is 3.19. The van der Waals surface area contributed by atoms with E-state index in [-0.39, 0.29) is 17.9 Å². The molecule has 1 N–H and O–H groups in total. The van der Waals surface area contributed by atoms with Gasteiger partial charge in [0.25, 0.3) is 5.56 Å². The maximum Gasteiger partial charge on any atom is 0.277 e. The maximum atomic E-state index is 12.6. The second-order valence-electron chi connectivity index (χ2n) is 6.61. The number of fused-ring (bicyclic) bond motifs is 2. The number of ether oxygens (including phenoxy) is 2. The van der Waals surface area contributed by atoms with E-state index in [1.165, 1.54) is 10.2 Å². The molecule has 0 saturated carbocycles. The summed E-state index contributed by atoms with van der Waals surface area (Å²) in [5, 5.41) is 11.2. The Balaban J connectivity index is 1.51. The Bertz CT molecular complexity index is 1090. The highest BCUT2D eigenvalue weighted by molar-refractivity contribution is 5.94. The van der Waals surface area contributed by atoms with Gasteiger partial charge < -0.3 is 14.8 Å². The van der Waals surface area contributed by atoms with Crippen LogP contribution in [0, 0.1) is 0 Å². The summed E-state index contributed by atoms with van der Waals surface area (Å²) in [6.45, 7) is 1.36. The first kappa shape index (κ1) is 18.1. The zero-order valence-corrected chi connectivity index (χ0v) is 15.5. The van der Waals surface area contributed by atoms with Crippen molar-refractivity contribution in [3.63, 3.8) is 0 Å². The van der Waals surface area contributed by atoms with E-state index in [0.717, 1.165) is 17.7 Å². The Kier molecular flexibility index (Phi) is 5.03. The Morgan fingerprint density at radius 3 is 3.04 bits per heavy atom. The van der Waals surface area contributed by atoms with Crippen molar-refractivity contribution in [2.24, 2.45) is 0 Å². The molecule has 8 nitrogen and oxygen atoms in total. The molecule has 0 spiro atoms. The van der Waals surface area contributed by atoms with E-state index >= 15 is 0 Å². The lowest BCUT2D eigenvalue weighted by atomic mass is 10.1. The highest BCUT2D eigenvalue weighted by Crippen LogP contribution is 2.26. The van der Waals surface area contributed by atoms with Gasteiger partial charge in [0, 0.05) is 19.2 Å². The van der Waals surface area contributed by atoms with Crippen molar-refractivity contribution in [3.8, 4) is 5.75 Å². The van der Waals surface area contributed by atoms with Crippen LogP contribution in [0.3, 0.4) is 0 Å². The molecular formula is C20H20N4O4. The summed E-state index contributed by atoms with van der Waals surface area (Å²) in [5.41, 5.74) is 2.80. The van der Waals surface area contributed by atoms with Gasteiger partial charge in [-0.2, -0.15) is 0 Å². The number of hydrogen-bond acceptors (Lipinski definition) is 6.